The van der Waals surface area contributed by atoms with Crippen LogP contribution in [0, 0.1) is 11.8 Å². The number of methoxy groups -OCH3 is 2. The van der Waals surface area contributed by atoms with Crippen molar-refractivity contribution < 1.29 is 14.3 Å². The lowest BCUT2D eigenvalue weighted by molar-refractivity contribution is -0.124. The summed E-state index contributed by atoms with van der Waals surface area (Å²) in [5.41, 5.74) is 5.55. The summed E-state index contributed by atoms with van der Waals surface area (Å²) in [5, 5.41) is 2.77. The highest BCUT2D eigenvalue weighted by molar-refractivity contribution is 7.80. The van der Waals surface area contributed by atoms with Crippen molar-refractivity contribution in [2.45, 2.75) is 20.0 Å². The average molecular weight is 262 g/mol. The average Bonchev–Trinajstić information content (AvgIpc) is 2.23. The molecule has 0 fully saturated rings. The van der Waals surface area contributed by atoms with Gasteiger partial charge in [-0.1, -0.05) is 26.1 Å². The number of amides is 1. The number of nitrogens with one attached hydrogen (secondary N) is 1. The van der Waals surface area contributed by atoms with E-state index in [0.29, 0.717) is 13.2 Å². The first-order chi connectivity index (χ1) is 7.93. The predicted molar refractivity (Wildman–Crippen MR) is 70.8 cm³/mol. The van der Waals surface area contributed by atoms with Crippen molar-refractivity contribution in [1.82, 2.24) is 5.32 Å². The molecule has 5 nitrogen and oxygen atoms in total. The predicted octanol–water partition coefficient (Wildman–Crippen LogP) is 0.322. The van der Waals surface area contributed by atoms with E-state index in [1.807, 2.05) is 13.8 Å². The molecule has 6 heteroatoms. The molecule has 2 unspecified atom stereocenters. The van der Waals surface area contributed by atoms with Crippen LogP contribution in [-0.4, -0.2) is 44.4 Å². The summed E-state index contributed by atoms with van der Waals surface area (Å²) < 4.78 is 10.1. The summed E-state index contributed by atoms with van der Waals surface area (Å²) in [7, 11) is 3.16. The lowest BCUT2D eigenvalue weighted by Gasteiger charge is -2.21. The molecule has 0 aliphatic heterocycles. The molecule has 0 bridgehead atoms. The van der Waals surface area contributed by atoms with E-state index in [0.717, 1.165) is 0 Å². The fraction of sp³-hybridized carbons (Fsp3) is 0.818. The van der Waals surface area contributed by atoms with E-state index in [4.69, 9.17) is 27.4 Å². The summed E-state index contributed by atoms with van der Waals surface area (Å²) in [4.78, 5) is 12.1. The second-order valence-electron chi connectivity index (χ2n) is 4.18. The highest BCUT2D eigenvalue weighted by Gasteiger charge is 2.25. The van der Waals surface area contributed by atoms with Crippen molar-refractivity contribution in [2.24, 2.45) is 17.6 Å². The SMILES string of the molecule is COCC(CNC(=O)C(C(N)=S)C(C)C)OC. The van der Waals surface area contributed by atoms with Gasteiger partial charge in [0.25, 0.3) is 0 Å². The molecule has 2 atom stereocenters. The first-order valence-corrected chi connectivity index (χ1v) is 5.93. The number of carbonyl (C=O) groups is 1. The lowest BCUT2D eigenvalue weighted by atomic mass is 9.95. The zero-order valence-corrected chi connectivity index (χ0v) is 11.7. The molecule has 100 valence electrons. The molecular weight excluding hydrogens is 240 g/mol. The fourth-order valence-corrected chi connectivity index (χ4v) is 1.86. The van der Waals surface area contributed by atoms with Gasteiger partial charge in [-0.2, -0.15) is 0 Å². The van der Waals surface area contributed by atoms with Crippen molar-refractivity contribution in [3.63, 3.8) is 0 Å². The molecule has 0 rings (SSSR count). The highest BCUT2D eigenvalue weighted by Crippen LogP contribution is 2.11. The third kappa shape index (κ3) is 5.95. The first kappa shape index (κ1) is 16.3. The number of carbonyl (C=O) groups excluding carboxylic acids is 1. The molecular formula is C11H22N2O3S. The zero-order valence-electron chi connectivity index (χ0n) is 10.9. The van der Waals surface area contributed by atoms with E-state index in [9.17, 15) is 4.79 Å². The van der Waals surface area contributed by atoms with Crippen molar-refractivity contribution in [3.05, 3.63) is 0 Å². The van der Waals surface area contributed by atoms with Crippen LogP contribution in [0.4, 0.5) is 0 Å². The quantitative estimate of drug-likeness (QED) is 0.616. The first-order valence-electron chi connectivity index (χ1n) is 5.52. The van der Waals surface area contributed by atoms with Crippen molar-refractivity contribution in [2.75, 3.05) is 27.4 Å². The number of hydrogen-bond donors (Lipinski definition) is 2. The van der Waals surface area contributed by atoms with Crippen LogP contribution < -0.4 is 11.1 Å². The van der Waals surface area contributed by atoms with Gasteiger partial charge in [0, 0.05) is 20.8 Å². The van der Waals surface area contributed by atoms with E-state index in [1.165, 1.54) is 0 Å². The maximum absolute atomic E-state index is 11.9. The number of ether oxygens (including phenoxy) is 2. The van der Waals surface area contributed by atoms with Crippen LogP contribution >= 0.6 is 12.2 Å². The van der Waals surface area contributed by atoms with Gasteiger partial charge in [-0.15, -0.1) is 0 Å². The second-order valence-corrected chi connectivity index (χ2v) is 4.65. The minimum atomic E-state index is -0.440. The summed E-state index contributed by atoms with van der Waals surface area (Å²) in [6.45, 7) is 4.63. The van der Waals surface area contributed by atoms with Gasteiger partial charge in [0.15, 0.2) is 0 Å². The summed E-state index contributed by atoms with van der Waals surface area (Å²) in [5.74, 6) is -0.522. The molecule has 0 aromatic heterocycles. The normalized spacial score (nSPS) is 14.4. The summed E-state index contributed by atoms with van der Waals surface area (Å²) in [6.07, 6.45) is -0.164. The van der Waals surface area contributed by atoms with Crippen LogP contribution in [-0.2, 0) is 14.3 Å². The largest absolute Gasteiger partial charge is 0.393 e. The Balaban J connectivity index is 4.27. The number of rotatable bonds is 8. The van der Waals surface area contributed by atoms with Gasteiger partial charge in [-0.25, -0.2) is 0 Å². The zero-order chi connectivity index (χ0) is 13.4. The minimum absolute atomic E-state index is 0.0796. The number of hydrogen-bond acceptors (Lipinski definition) is 4. The van der Waals surface area contributed by atoms with Gasteiger partial charge >= 0.3 is 0 Å². The molecule has 0 saturated carbocycles. The van der Waals surface area contributed by atoms with Crippen molar-refractivity contribution in [3.8, 4) is 0 Å². The Bertz CT molecular complexity index is 259. The Morgan fingerprint density at radius 3 is 2.35 bits per heavy atom. The molecule has 0 heterocycles. The molecule has 0 radical (unpaired) electrons. The van der Waals surface area contributed by atoms with E-state index in [2.05, 4.69) is 5.32 Å². The maximum atomic E-state index is 11.9. The van der Waals surface area contributed by atoms with Gasteiger partial charge in [0.05, 0.1) is 23.6 Å². The van der Waals surface area contributed by atoms with Crippen molar-refractivity contribution in [1.29, 1.82) is 0 Å². The van der Waals surface area contributed by atoms with Gasteiger partial charge in [0.2, 0.25) is 5.91 Å². The fourth-order valence-electron chi connectivity index (χ4n) is 1.48. The molecule has 0 aliphatic carbocycles. The summed E-state index contributed by atoms with van der Waals surface area (Å²) >= 11 is 4.89. The molecule has 0 spiro atoms. The van der Waals surface area contributed by atoms with Crippen LogP contribution in [0.25, 0.3) is 0 Å². The third-order valence-electron chi connectivity index (χ3n) is 2.45. The monoisotopic (exact) mass is 262 g/mol. The van der Waals surface area contributed by atoms with Crippen LogP contribution in [0.3, 0.4) is 0 Å². The minimum Gasteiger partial charge on any atom is -0.393 e. The Labute approximate surface area is 108 Å². The molecule has 0 aromatic carbocycles. The number of nitrogens with two attached hydrogens (primary N) is 1. The molecule has 1 amide bonds. The Kier molecular flexibility index (Phi) is 8.03. The topological polar surface area (TPSA) is 73.6 Å². The van der Waals surface area contributed by atoms with Crippen LogP contribution in [0.5, 0.6) is 0 Å². The van der Waals surface area contributed by atoms with Gasteiger partial charge in [-0.05, 0) is 5.92 Å². The van der Waals surface area contributed by atoms with Crippen LogP contribution in [0.2, 0.25) is 0 Å². The Hall–Kier alpha value is -0.720. The molecule has 0 saturated heterocycles. The van der Waals surface area contributed by atoms with E-state index in [1.54, 1.807) is 14.2 Å². The van der Waals surface area contributed by atoms with Gasteiger partial charge in [-0.3, -0.25) is 4.79 Å². The second kappa shape index (κ2) is 8.38. The summed E-state index contributed by atoms with van der Waals surface area (Å²) in [6, 6.07) is 0. The standard InChI is InChI=1S/C11H22N2O3S/c1-7(2)9(10(12)17)11(14)13-5-8(16-4)6-15-3/h7-9H,5-6H2,1-4H3,(H2,12,17)(H,13,14). The lowest BCUT2D eigenvalue weighted by Crippen LogP contribution is -2.44. The smallest absolute Gasteiger partial charge is 0.230 e. The van der Waals surface area contributed by atoms with Gasteiger partial charge in [0.1, 0.15) is 0 Å². The molecule has 0 aromatic rings. The van der Waals surface area contributed by atoms with Crippen molar-refractivity contribution >= 4 is 23.1 Å². The highest BCUT2D eigenvalue weighted by atomic mass is 32.1. The maximum Gasteiger partial charge on any atom is 0.230 e. The molecule has 17 heavy (non-hydrogen) atoms. The molecule has 3 N–H and O–H groups in total. The number of thiocarbonyl (C=S) groups is 1. The van der Waals surface area contributed by atoms with E-state index >= 15 is 0 Å². The third-order valence-corrected chi connectivity index (χ3v) is 2.70. The Morgan fingerprint density at radius 1 is 1.41 bits per heavy atom. The van der Waals surface area contributed by atoms with E-state index < -0.39 is 5.92 Å². The Morgan fingerprint density at radius 2 is 2.00 bits per heavy atom. The molecule has 0 aliphatic rings. The van der Waals surface area contributed by atoms with Crippen LogP contribution in [0.15, 0.2) is 0 Å². The van der Waals surface area contributed by atoms with E-state index in [-0.39, 0.29) is 22.9 Å². The van der Waals surface area contributed by atoms with Crippen LogP contribution in [0.1, 0.15) is 13.8 Å². The van der Waals surface area contributed by atoms with Gasteiger partial charge < -0.3 is 20.5 Å².